The van der Waals surface area contributed by atoms with Gasteiger partial charge in [0.2, 0.25) is 0 Å². The van der Waals surface area contributed by atoms with Gasteiger partial charge in [-0.25, -0.2) is 9.48 Å². The average molecular weight is 244 g/mol. The molecule has 17 heavy (non-hydrogen) atoms. The molecule has 2 heterocycles. The molecule has 0 bridgehead atoms. The van der Waals surface area contributed by atoms with Crippen molar-refractivity contribution in [3.8, 4) is 5.69 Å². The molecular formula is C12H8N2O2S. The van der Waals surface area contributed by atoms with Crippen LogP contribution in [0.25, 0.3) is 16.6 Å². The Hall–Kier alpha value is -2.14. The summed E-state index contributed by atoms with van der Waals surface area (Å²) in [5, 5.41) is 18.0. The number of hydrogen-bond acceptors (Lipinski definition) is 3. The number of aromatic carboxylic acids is 1. The largest absolute Gasteiger partial charge is 0.478 e. The Bertz CT molecular complexity index is 686. The highest BCUT2D eigenvalue weighted by Crippen LogP contribution is 2.21. The van der Waals surface area contributed by atoms with Crippen molar-refractivity contribution in [2.45, 2.75) is 0 Å². The summed E-state index contributed by atoms with van der Waals surface area (Å²) >= 11 is 1.60. The van der Waals surface area contributed by atoms with Gasteiger partial charge in [-0.3, -0.25) is 0 Å². The van der Waals surface area contributed by atoms with Gasteiger partial charge in [-0.1, -0.05) is 0 Å². The lowest BCUT2D eigenvalue weighted by molar-refractivity contribution is 0.0697. The monoisotopic (exact) mass is 244 g/mol. The second kappa shape index (κ2) is 3.71. The molecule has 0 atom stereocenters. The molecule has 0 aliphatic carbocycles. The van der Waals surface area contributed by atoms with Crippen molar-refractivity contribution in [2.75, 3.05) is 0 Å². The number of fused-ring (bicyclic) bond motifs is 1. The minimum Gasteiger partial charge on any atom is -0.478 e. The fraction of sp³-hybridized carbons (Fsp3) is 0. The molecule has 0 unspecified atom stereocenters. The Kier molecular flexibility index (Phi) is 2.19. The Labute approximate surface area is 101 Å². The molecular weight excluding hydrogens is 236 g/mol. The Morgan fingerprint density at radius 2 is 2.24 bits per heavy atom. The lowest BCUT2D eigenvalue weighted by Gasteiger charge is -2.00. The van der Waals surface area contributed by atoms with E-state index in [9.17, 15) is 4.79 Å². The van der Waals surface area contributed by atoms with Crippen molar-refractivity contribution in [2.24, 2.45) is 0 Å². The molecule has 1 aromatic carbocycles. The zero-order valence-electron chi connectivity index (χ0n) is 8.70. The topological polar surface area (TPSA) is 55.1 Å². The molecule has 2 aromatic heterocycles. The van der Waals surface area contributed by atoms with Crippen LogP contribution >= 0.6 is 11.3 Å². The van der Waals surface area contributed by atoms with Crippen LogP contribution < -0.4 is 0 Å². The lowest BCUT2D eigenvalue weighted by atomic mass is 10.1. The van der Waals surface area contributed by atoms with Crippen LogP contribution in [0.4, 0.5) is 0 Å². The fourth-order valence-electron chi connectivity index (χ4n) is 1.75. The Morgan fingerprint density at radius 1 is 1.35 bits per heavy atom. The molecule has 4 nitrogen and oxygen atoms in total. The quantitative estimate of drug-likeness (QED) is 0.754. The summed E-state index contributed by atoms with van der Waals surface area (Å²) < 4.78 is 1.80. The maximum atomic E-state index is 10.9. The van der Waals surface area contributed by atoms with Crippen LogP contribution in [0.1, 0.15) is 10.4 Å². The number of rotatable bonds is 2. The number of nitrogens with zero attached hydrogens (tertiary/aromatic N) is 2. The molecule has 0 spiro atoms. The van der Waals surface area contributed by atoms with E-state index in [1.165, 1.54) is 0 Å². The predicted octanol–water partition coefficient (Wildman–Crippen LogP) is 2.79. The van der Waals surface area contributed by atoms with E-state index in [0.29, 0.717) is 0 Å². The number of thiophene rings is 1. The molecule has 0 saturated heterocycles. The standard InChI is InChI=1S/C12H8N2O2S/c15-12(16)8-1-2-11-9(5-8)6-13-14(11)10-3-4-17-7-10/h1-7H,(H,15,16). The fourth-order valence-corrected chi connectivity index (χ4v) is 2.36. The number of carbonyl (C=O) groups is 1. The van der Waals surface area contributed by atoms with Crippen LogP contribution in [0.2, 0.25) is 0 Å². The maximum absolute atomic E-state index is 10.9. The molecule has 0 radical (unpaired) electrons. The first-order valence-electron chi connectivity index (χ1n) is 4.99. The normalized spacial score (nSPS) is 10.8. The number of hydrogen-bond donors (Lipinski definition) is 1. The second-order valence-electron chi connectivity index (χ2n) is 3.62. The van der Waals surface area contributed by atoms with Crippen molar-refractivity contribution < 1.29 is 9.90 Å². The summed E-state index contributed by atoms with van der Waals surface area (Å²) in [5.74, 6) is -0.921. The predicted molar refractivity (Wildman–Crippen MR) is 65.9 cm³/mol. The Balaban J connectivity index is 2.21. The average Bonchev–Trinajstić information content (AvgIpc) is 2.96. The van der Waals surface area contributed by atoms with Gasteiger partial charge >= 0.3 is 5.97 Å². The second-order valence-corrected chi connectivity index (χ2v) is 4.40. The van der Waals surface area contributed by atoms with Crippen LogP contribution in [0.15, 0.2) is 41.2 Å². The smallest absolute Gasteiger partial charge is 0.335 e. The molecule has 84 valence electrons. The van der Waals surface area contributed by atoms with Crippen molar-refractivity contribution in [1.82, 2.24) is 9.78 Å². The number of benzene rings is 1. The zero-order chi connectivity index (χ0) is 11.8. The van der Waals surface area contributed by atoms with Crippen molar-refractivity contribution in [1.29, 1.82) is 0 Å². The van der Waals surface area contributed by atoms with Gasteiger partial charge in [0.1, 0.15) is 0 Å². The summed E-state index contributed by atoms with van der Waals surface area (Å²) in [4.78, 5) is 10.9. The first kappa shape index (κ1) is 10.0. The van der Waals surface area contributed by atoms with Crippen LogP contribution in [-0.2, 0) is 0 Å². The van der Waals surface area contributed by atoms with E-state index in [0.717, 1.165) is 16.6 Å². The lowest BCUT2D eigenvalue weighted by Crippen LogP contribution is -1.96. The van der Waals surface area contributed by atoms with Crippen molar-refractivity contribution in [3.05, 3.63) is 46.8 Å². The highest BCUT2D eigenvalue weighted by molar-refractivity contribution is 7.08. The molecule has 3 aromatic rings. The molecule has 0 aliphatic rings. The zero-order valence-corrected chi connectivity index (χ0v) is 9.52. The van der Waals surface area contributed by atoms with Gasteiger partial charge in [-0.05, 0) is 29.6 Å². The SMILES string of the molecule is O=C(O)c1ccc2c(cnn2-c2ccsc2)c1. The Morgan fingerprint density at radius 3 is 2.94 bits per heavy atom. The number of carboxylic acid groups (broad SMARTS) is 1. The van der Waals surface area contributed by atoms with Crippen LogP contribution in [0, 0.1) is 0 Å². The molecule has 0 fully saturated rings. The number of aromatic nitrogens is 2. The first-order valence-corrected chi connectivity index (χ1v) is 5.93. The molecule has 0 aliphatic heterocycles. The molecule has 3 rings (SSSR count). The molecule has 0 amide bonds. The summed E-state index contributed by atoms with van der Waals surface area (Å²) in [6.45, 7) is 0. The van der Waals surface area contributed by atoms with E-state index < -0.39 is 5.97 Å². The third-order valence-corrected chi connectivity index (χ3v) is 3.24. The minimum absolute atomic E-state index is 0.280. The molecule has 5 heteroatoms. The van der Waals surface area contributed by atoms with E-state index in [1.807, 2.05) is 16.8 Å². The van der Waals surface area contributed by atoms with Gasteiger partial charge in [0, 0.05) is 10.8 Å². The summed E-state index contributed by atoms with van der Waals surface area (Å²) in [7, 11) is 0. The van der Waals surface area contributed by atoms with Gasteiger partial charge in [0.25, 0.3) is 0 Å². The van der Waals surface area contributed by atoms with E-state index in [4.69, 9.17) is 5.11 Å². The van der Waals surface area contributed by atoms with E-state index in [1.54, 1.807) is 40.4 Å². The number of carboxylic acids is 1. The van der Waals surface area contributed by atoms with Crippen LogP contribution in [0.5, 0.6) is 0 Å². The van der Waals surface area contributed by atoms with Gasteiger partial charge in [-0.2, -0.15) is 16.4 Å². The van der Waals surface area contributed by atoms with Crippen LogP contribution in [-0.4, -0.2) is 20.9 Å². The van der Waals surface area contributed by atoms with Crippen molar-refractivity contribution in [3.63, 3.8) is 0 Å². The van der Waals surface area contributed by atoms with E-state index >= 15 is 0 Å². The van der Waals surface area contributed by atoms with E-state index in [-0.39, 0.29) is 5.56 Å². The highest BCUT2D eigenvalue weighted by Gasteiger charge is 2.08. The minimum atomic E-state index is -0.921. The van der Waals surface area contributed by atoms with Crippen LogP contribution in [0.3, 0.4) is 0 Å². The van der Waals surface area contributed by atoms with Gasteiger partial charge in [0.15, 0.2) is 0 Å². The van der Waals surface area contributed by atoms with Gasteiger partial charge < -0.3 is 5.11 Å². The summed E-state index contributed by atoms with van der Waals surface area (Å²) in [6.07, 6.45) is 1.68. The molecule has 0 saturated carbocycles. The summed E-state index contributed by atoms with van der Waals surface area (Å²) in [6, 6.07) is 6.98. The van der Waals surface area contributed by atoms with Crippen molar-refractivity contribution >= 4 is 28.2 Å². The van der Waals surface area contributed by atoms with E-state index in [2.05, 4.69) is 5.10 Å². The molecule has 1 N–H and O–H groups in total. The highest BCUT2D eigenvalue weighted by atomic mass is 32.1. The summed E-state index contributed by atoms with van der Waals surface area (Å²) in [5.41, 5.74) is 2.18. The van der Waals surface area contributed by atoms with Gasteiger partial charge in [-0.15, -0.1) is 0 Å². The van der Waals surface area contributed by atoms with Gasteiger partial charge in [0.05, 0.1) is 23.0 Å². The third-order valence-electron chi connectivity index (χ3n) is 2.57. The maximum Gasteiger partial charge on any atom is 0.335 e. The third kappa shape index (κ3) is 1.60. The first-order chi connectivity index (χ1) is 8.25.